The Hall–Kier alpha value is -1.70. The van der Waals surface area contributed by atoms with Gasteiger partial charge in [0.25, 0.3) is 0 Å². The summed E-state index contributed by atoms with van der Waals surface area (Å²) in [5.41, 5.74) is 3.95. The second kappa shape index (κ2) is 8.67. The molecule has 0 aliphatic carbocycles. The van der Waals surface area contributed by atoms with Gasteiger partial charge in [-0.3, -0.25) is 0 Å². The molecular weight excluding hydrogens is 272 g/mol. The summed E-state index contributed by atoms with van der Waals surface area (Å²) in [4.78, 5) is 0. The first-order valence-electron chi connectivity index (χ1n) is 8.36. The zero-order valence-corrected chi connectivity index (χ0v) is 14.1. The van der Waals surface area contributed by atoms with Crippen molar-refractivity contribution in [3.63, 3.8) is 0 Å². The fourth-order valence-corrected chi connectivity index (χ4v) is 2.62. The molecule has 2 nitrogen and oxygen atoms in total. The zero-order valence-electron chi connectivity index (χ0n) is 14.1. The van der Waals surface area contributed by atoms with Crippen LogP contribution in [0.1, 0.15) is 63.3 Å². The van der Waals surface area contributed by atoms with Gasteiger partial charge in [0.15, 0.2) is 0 Å². The third kappa shape index (κ3) is 5.97. The molecule has 0 aliphatic heterocycles. The van der Waals surface area contributed by atoms with Crippen LogP contribution in [-0.2, 0) is 12.8 Å². The Morgan fingerprint density at radius 3 is 2.82 bits per heavy atom. The molecule has 2 heterocycles. The molecule has 0 aromatic carbocycles. The van der Waals surface area contributed by atoms with Gasteiger partial charge in [0.2, 0.25) is 0 Å². The average molecular weight is 300 g/mol. The van der Waals surface area contributed by atoms with Gasteiger partial charge in [-0.15, -0.1) is 0 Å². The summed E-state index contributed by atoms with van der Waals surface area (Å²) in [5, 5.41) is 0. The minimum absolute atomic E-state index is 0.806. The standard InChI is InChI=1S/C20H28O2/c1-16(2)6-4-7-17(3)8-5-9-18-12-20(22-15-18)13-19-10-11-21-14-19/h8,10-12,14-16H,4-7,9,13H2,1-3H3. The van der Waals surface area contributed by atoms with E-state index in [1.165, 1.54) is 30.4 Å². The van der Waals surface area contributed by atoms with Crippen molar-refractivity contribution in [2.75, 3.05) is 0 Å². The van der Waals surface area contributed by atoms with E-state index in [4.69, 9.17) is 8.83 Å². The van der Waals surface area contributed by atoms with E-state index in [9.17, 15) is 0 Å². The summed E-state index contributed by atoms with van der Waals surface area (Å²) in [7, 11) is 0. The Kier molecular flexibility index (Phi) is 6.57. The molecule has 0 fully saturated rings. The molecule has 0 atom stereocenters. The van der Waals surface area contributed by atoms with Gasteiger partial charge in [0.1, 0.15) is 5.76 Å². The molecule has 0 aliphatic rings. The van der Waals surface area contributed by atoms with Crippen LogP contribution in [-0.4, -0.2) is 0 Å². The van der Waals surface area contributed by atoms with Crippen molar-refractivity contribution in [1.29, 1.82) is 0 Å². The van der Waals surface area contributed by atoms with Crippen molar-refractivity contribution in [2.45, 2.75) is 59.3 Å². The monoisotopic (exact) mass is 300 g/mol. The van der Waals surface area contributed by atoms with Crippen molar-refractivity contribution in [2.24, 2.45) is 5.92 Å². The molecule has 0 N–H and O–H groups in total. The van der Waals surface area contributed by atoms with Crippen molar-refractivity contribution in [1.82, 2.24) is 0 Å². The molecule has 0 spiro atoms. The van der Waals surface area contributed by atoms with Gasteiger partial charge in [-0.2, -0.15) is 0 Å². The van der Waals surface area contributed by atoms with Crippen LogP contribution in [0.25, 0.3) is 0 Å². The van der Waals surface area contributed by atoms with Crippen LogP contribution in [0.15, 0.2) is 51.4 Å². The van der Waals surface area contributed by atoms with Crippen LogP contribution in [0, 0.1) is 5.92 Å². The molecule has 2 aromatic rings. The third-order valence-corrected chi connectivity index (χ3v) is 3.94. The van der Waals surface area contributed by atoms with E-state index >= 15 is 0 Å². The average Bonchev–Trinajstić information content (AvgIpc) is 3.11. The minimum Gasteiger partial charge on any atom is -0.472 e. The Balaban J connectivity index is 1.71. The fraction of sp³-hybridized carbons (Fsp3) is 0.500. The van der Waals surface area contributed by atoms with Gasteiger partial charge in [-0.1, -0.05) is 31.9 Å². The molecule has 22 heavy (non-hydrogen) atoms. The summed E-state index contributed by atoms with van der Waals surface area (Å²) in [6, 6.07) is 4.14. The highest BCUT2D eigenvalue weighted by Crippen LogP contribution is 2.16. The first kappa shape index (κ1) is 16.7. The maximum absolute atomic E-state index is 5.62. The molecular formula is C20H28O2. The van der Waals surface area contributed by atoms with Crippen molar-refractivity contribution >= 4 is 0 Å². The van der Waals surface area contributed by atoms with E-state index in [1.54, 1.807) is 12.5 Å². The Morgan fingerprint density at radius 1 is 1.23 bits per heavy atom. The molecule has 0 amide bonds. The highest BCUT2D eigenvalue weighted by molar-refractivity contribution is 5.20. The minimum atomic E-state index is 0.806. The van der Waals surface area contributed by atoms with E-state index in [0.29, 0.717) is 0 Å². The van der Waals surface area contributed by atoms with Crippen molar-refractivity contribution in [3.8, 4) is 0 Å². The van der Waals surface area contributed by atoms with Crippen LogP contribution in [0.4, 0.5) is 0 Å². The largest absolute Gasteiger partial charge is 0.472 e. The predicted octanol–water partition coefficient (Wildman–Crippen LogP) is 6.17. The lowest BCUT2D eigenvalue weighted by atomic mass is 10.0. The van der Waals surface area contributed by atoms with Crippen LogP contribution in [0.3, 0.4) is 0 Å². The van der Waals surface area contributed by atoms with E-state index in [0.717, 1.165) is 36.5 Å². The zero-order chi connectivity index (χ0) is 15.8. The maximum atomic E-state index is 5.62. The number of rotatable bonds is 9. The van der Waals surface area contributed by atoms with Crippen LogP contribution in [0.2, 0.25) is 0 Å². The van der Waals surface area contributed by atoms with E-state index in [-0.39, 0.29) is 0 Å². The summed E-state index contributed by atoms with van der Waals surface area (Å²) < 4.78 is 10.7. The number of hydrogen-bond acceptors (Lipinski definition) is 2. The number of furan rings is 2. The topological polar surface area (TPSA) is 26.3 Å². The van der Waals surface area contributed by atoms with Gasteiger partial charge in [0, 0.05) is 6.42 Å². The molecule has 2 aromatic heterocycles. The third-order valence-electron chi connectivity index (χ3n) is 3.94. The van der Waals surface area contributed by atoms with E-state index in [2.05, 4.69) is 32.9 Å². The van der Waals surface area contributed by atoms with Gasteiger partial charge in [-0.25, -0.2) is 0 Å². The second-order valence-electron chi connectivity index (χ2n) is 6.60. The number of allylic oxidation sites excluding steroid dienone is 2. The summed E-state index contributed by atoms with van der Waals surface area (Å²) in [5.74, 6) is 1.82. The summed E-state index contributed by atoms with van der Waals surface area (Å²) >= 11 is 0. The first-order valence-corrected chi connectivity index (χ1v) is 8.36. The quantitative estimate of drug-likeness (QED) is 0.518. The molecule has 0 unspecified atom stereocenters. The van der Waals surface area contributed by atoms with Gasteiger partial charge >= 0.3 is 0 Å². The van der Waals surface area contributed by atoms with Crippen LogP contribution in [0.5, 0.6) is 0 Å². The van der Waals surface area contributed by atoms with Crippen molar-refractivity contribution in [3.05, 3.63) is 59.5 Å². The molecule has 0 radical (unpaired) electrons. The fourth-order valence-electron chi connectivity index (χ4n) is 2.62. The SMILES string of the molecule is CC(=CCCc1coc(Cc2ccoc2)c1)CCCC(C)C. The van der Waals surface area contributed by atoms with E-state index in [1.807, 2.05) is 12.3 Å². The van der Waals surface area contributed by atoms with Gasteiger partial charge < -0.3 is 8.83 Å². The predicted molar refractivity (Wildman–Crippen MR) is 91.0 cm³/mol. The van der Waals surface area contributed by atoms with Gasteiger partial charge in [-0.05, 0) is 61.8 Å². The number of aryl methyl sites for hydroxylation is 1. The molecule has 0 saturated carbocycles. The lowest BCUT2D eigenvalue weighted by molar-refractivity contribution is 0.515. The molecule has 0 saturated heterocycles. The highest BCUT2D eigenvalue weighted by Gasteiger charge is 2.04. The lowest BCUT2D eigenvalue weighted by Gasteiger charge is -2.04. The highest BCUT2D eigenvalue weighted by atomic mass is 16.3. The second-order valence-corrected chi connectivity index (χ2v) is 6.60. The maximum Gasteiger partial charge on any atom is 0.108 e. The molecule has 2 rings (SSSR count). The number of hydrogen-bond donors (Lipinski definition) is 0. The molecule has 2 heteroatoms. The van der Waals surface area contributed by atoms with Crippen molar-refractivity contribution < 1.29 is 8.83 Å². The van der Waals surface area contributed by atoms with Gasteiger partial charge in [0.05, 0.1) is 18.8 Å². The summed E-state index contributed by atoms with van der Waals surface area (Å²) in [6.07, 6.45) is 14.5. The molecule has 120 valence electrons. The normalized spacial score (nSPS) is 12.3. The molecule has 0 bridgehead atoms. The smallest absolute Gasteiger partial charge is 0.108 e. The summed E-state index contributed by atoms with van der Waals surface area (Å²) in [6.45, 7) is 6.83. The Bertz CT molecular complexity index is 558. The lowest BCUT2D eigenvalue weighted by Crippen LogP contribution is -1.88. The Labute approximate surface area is 134 Å². The Morgan fingerprint density at radius 2 is 2.09 bits per heavy atom. The van der Waals surface area contributed by atoms with Crippen LogP contribution >= 0.6 is 0 Å². The van der Waals surface area contributed by atoms with Crippen LogP contribution < -0.4 is 0 Å². The van der Waals surface area contributed by atoms with E-state index < -0.39 is 0 Å². The first-order chi connectivity index (χ1) is 10.6.